The summed E-state index contributed by atoms with van der Waals surface area (Å²) in [7, 11) is 3.95. The van der Waals surface area contributed by atoms with Crippen molar-refractivity contribution in [3.05, 3.63) is 102 Å². The van der Waals surface area contributed by atoms with E-state index < -0.39 is 255 Å². The molecule has 5 aromatic rings. The third kappa shape index (κ3) is 30.3. The second-order valence-electron chi connectivity index (χ2n) is 33.9. The highest BCUT2D eigenvalue weighted by Crippen LogP contribution is 2.28. The molecule has 0 spiro atoms. The average Bonchev–Trinajstić information content (AvgIpc) is 1.62. The van der Waals surface area contributed by atoms with Gasteiger partial charge in [0.25, 0.3) is 0 Å². The Labute approximate surface area is 779 Å². The highest BCUT2D eigenvalue weighted by molar-refractivity contribution is 8.00. The Bertz CT molecular complexity index is 4980. The van der Waals surface area contributed by atoms with Crippen molar-refractivity contribution in [2.75, 3.05) is 78.5 Å². The third-order valence-electron chi connectivity index (χ3n) is 24.0. The van der Waals surface area contributed by atoms with E-state index in [1.165, 1.54) is 52.3 Å². The molecule has 3 aliphatic rings. The van der Waals surface area contributed by atoms with Gasteiger partial charge in [0.1, 0.15) is 84.3 Å². The van der Waals surface area contributed by atoms with Gasteiger partial charge in [-0.2, -0.15) is 0 Å². The Kier molecular flexibility index (Phi) is 41.2. The standard InChI is InChI=1S/C89H129N23O21S/c1-7-9-24-68-81(126)101-60(23-16-34-95-89(93)94)77(122)99-53(39-73(117)98-44-72(92)116)47-134-48-74(118)100-64(36-50-28-30-54(114)31-29-50)84(129)108(4)49(3)76(121)102-62(32-33-90)86(131)111-35-17-26-69(111)82(127)106-66(41-91)79(124)103-61(22-15-27-75(119)120)87(132)112-45-55(115)40-71(112)83(128)104-63(37-51-42-96-58-20-13-11-18-56(51)58)78(123)107-67(46-113)80(125)105-65(38-52-43-97-59-21-14-12-19-57(52)59)85(130)110(6)70(25-10-8-2)88(133)109(68)5/h11-14,18-21,28-31,42-43,49,53,55,60-71,96-97,113-115H,7-10,15-17,22-27,32-41,44-48,90-91H2,1-6H3,(H2,92,116)(H,98,117)(H,99,122)(H,100,118)(H,101,126)(H,102,121)(H,103,124)(H,104,128)(H,105,125)(H,106,127)(H,107,123)(H,119,120)(H4,93,94,95)/t49-,53+,55+,60-,61-,62-,63-,64-,65-,66-,67-,68-,69-,70-,71-/m0/s1. The summed E-state index contributed by atoms with van der Waals surface area (Å²) in [5.74, 6) is -17.1. The minimum absolute atomic E-state index is 0.00657. The fourth-order valence-corrected chi connectivity index (χ4v) is 17.3. The molecule has 3 saturated heterocycles. The number of benzene rings is 3. The van der Waals surface area contributed by atoms with Crippen LogP contribution in [0.4, 0.5) is 0 Å². The van der Waals surface area contributed by atoms with E-state index in [0.717, 1.165) is 36.3 Å². The van der Waals surface area contributed by atoms with Gasteiger partial charge >= 0.3 is 5.97 Å². The number of amides is 16. The number of nitrogens with two attached hydrogens (primary N) is 4. The lowest BCUT2D eigenvalue weighted by molar-refractivity contribution is -0.149. The van der Waals surface area contributed by atoms with Crippen LogP contribution in [0.5, 0.6) is 5.75 Å². The van der Waals surface area contributed by atoms with Crippen molar-refractivity contribution >= 4 is 140 Å². The van der Waals surface area contributed by atoms with Gasteiger partial charge in [-0.25, -0.2) is 0 Å². The Balaban J connectivity index is 1.19. The van der Waals surface area contributed by atoms with Crippen molar-refractivity contribution in [3.8, 4) is 5.75 Å². The molecule has 3 aromatic carbocycles. The second kappa shape index (κ2) is 51.9. The molecule has 134 heavy (non-hydrogen) atoms. The zero-order chi connectivity index (χ0) is 98.2. The summed E-state index contributed by atoms with van der Waals surface area (Å²) in [6, 6.07) is -1.67. The maximum absolute atomic E-state index is 15.7. The molecule has 2 aromatic heterocycles. The Morgan fingerprint density at radius 3 is 1.67 bits per heavy atom. The zero-order valence-corrected chi connectivity index (χ0v) is 77.0. The molecule has 0 unspecified atom stereocenters. The molecule has 45 heteroatoms. The molecule has 0 bridgehead atoms. The lowest BCUT2D eigenvalue weighted by Gasteiger charge is -2.36. The van der Waals surface area contributed by atoms with Gasteiger partial charge in [-0.3, -0.25) is 86.9 Å². The first-order chi connectivity index (χ1) is 63.9. The fraction of sp³-hybridized carbons (Fsp3) is 0.551. The van der Waals surface area contributed by atoms with Crippen LogP contribution in [0.1, 0.15) is 140 Å². The number of likely N-dealkylation sites (N-methyl/N-ethyl adjacent to an activating group) is 3. The Morgan fingerprint density at radius 2 is 1.06 bits per heavy atom. The number of aromatic amines is 2. The molecule has 26 N–H and O–H groups in total. The lowest BCUT2D eigenvalue weighted by Crippen LogP contribution is -2.62. The number of aromatic nitrogens is 2. The lowest BCUT2D eigenvalue weighted by atomic mass is 10.00. The minimum Gasteiger partial charge on any atom is -0.508 e. The molecule has 44 nitrogen and oxygen atoms in total. The number of thioether (sulfide) groups is 1. The van der Waals surface area contributed by atoms with E-state index in [1.807, 2.05) is 13.8 Å². The number of H-pyrrole nitrogens is 2. The predicted molar refractivity (Wildman–Crippen MR) is 493 cm³/mol. The van der Waals surface area contributed by atoms with Gasteiger partial charge in [0.05, 0.1) is 25.0 Å². The Morgan fingerprint density at radius 1 is 0.537 bits per heavy atom. The van der Waals surface area contributed by atoms with Gasteiger partial charge < -0.3 is 136 Å². The SMILES string of the molecule is CCCC[C@H]1C(=O)N(C)[C@@H](CCCC)C(=O)N[C@@H](CCCNC(=N)N)C(=O)N[C@H](CC(=O)NCC(N)=O)CSCC(=O)N[C@@H](Cc2ccc(O)cc2)C(=O)N(C)[C@@H](C)C(=O)N[C@@H](CCN)C(=O)N2CCC[C@H]2C(=O)N[C@@H](CN)C(=O)N[C@@H](CCCC(=O)O)C(=O)N2C[C@H](O)C[C@H]2C(=O)N[C@@H](Cc2c[nH]c3ccccc23)C(=O)N[C@@H](CO)C(=O)N[C@@H](Cc2c[nH]c3ccccc23)C(=O)N1C. The number of fused-ring (bicyclic) bond motifs is 4. The number of phenolic OH excluding ortho intramolecular Hbond substituents is 1. The molecule has 8 rings (SSSR count). The number of aliphatic carboxylic acids is 1. The number of aliphatic hydroxyl groups is 2. The zero-order valence-electron chi connectivity index (χ0n) is 76.2. The molecule has 0 radical (unpaired) electrons. The molecular formula is C89H129N23O21S. The van der Waals surface area contributed by atoms with Gasteiger partial charge in [-0.05, 0) is 112 Å². The van der Waals surface area contributed by atoms with Crippen molar-refractivity contribution in [3.63, 3.8) is 0 Å². The summed E-state index contributed by atoms with van der Waals surface area (Å²) in [6.07, 6.45) is 0.270. The number of nitrogens with zero attached hydrogens (tertiary/aromatic N) is 5. The van der Waals surface area contributed by atoms with Crippen LogP contribution in [-0.2, 0) is 101 Å². The number of primary amides is 1. The first-order valence-corrected chi connectivity index (χ1v) is 46.2. The number of para-hydroxylation sites is 2. The summed E-state index contributed by atoms with van der Waals surface area (Å²) < 4.78 is 0. The average molecular weight is 1890 g/mol. The number of carbonyl (C=O) groups is 17. The van der Waals surface area contributed by atoms with E-state index in [2.05, 4.69) is 68.5 Å². The largest absolute Gasteiger partial charge is 0.508 e. The van der Waals surface area contributed by atoms with Crippen molar-refractivity contribution < 1.29 is 102 Å². The summed E-state index contributed by atoms with van der Waals surface area (Å²) >= 11 is 0.881. The van der Waals surface area contributed by atoms with Gasteiger partial charge in [0.15, 0.2) is 5.96 Å². The van der Waals surface area contributed by atoms with Gasteiger partial charge in [-0.15, -0.1) is 11.8 Å². The molecule has 3 fully saturated rings. The van der Waals surface area contributed by atoms with Crippen molar-refractivity contribution in [1.29, 1.82) is 5.41 Å². The number of aromatic hydroxyl groups is 1. The van der Waals surface area contributed by atoms with Crippen LogP contribution in [0.25, 0.3) is 21.8 Å². The fourth-order valence-electron chi connectivity index (χ4n) is 16.4. The monoisotopic (exact) mass is 1890 g/mol. The van der Waals surface area contributed by atoms with E-state index in [9.17, 15) is 63.6 Å². The van der Waals surface area contributed by atoms with E-state index in [-0.39, 0.29) is 102 Å². The molecule has 732 valence electrons. The van der Waals surface area contributed by atoms with E-state index >= 15 is 38.4 Å². The molecule has 0 saturated carbocycles. The maximum atomic E-state index is 15.7. The summed E-state index contributed by atoms with van der Waals surface area (Å²) in [5.41, 5.74) is 25.8. The molecule has 3 aliphatic heterocycles. The molecule has 16 amide bonds. The number of guanidine groups is 1. The number of unbranched alkanes of at least 4 members (excludes halogenated alkanes) is 2. The second-order valence-corrected chi connectivity index (χ2v) is 34.9. The third-order valence-corrected chi connectivity index (χ3v) is 25.1. The number of phenols is 1. The van der Waals surface area contributed by atoms with Crippen LogP contribution >= 0.6 is 11.8 Å². The van der Waals surface area contributed by atoms with Crippen LogP contribution in [-0.4, -0.2) is 331 Å². The number of nitrogens with one attached hydrogen (secondary N) is 14. The number of carbonyl (C=O) groups excluding carboxylic acids is 16. The van der Waals surface area contributed by atoms with Gasteiger partial charge in [-0.1, -0.05) is 88.1 Å². The molecule has 15 atom stereocenters. The molecular weight excluding hydrogens is 1760 g/mol. The minimum atomic E-state index is -1.92. The Hall–Kier alpha value is -13.0. The number of carboxylic acids is 1. The topological polar surface area (TPSA) is 679 Å². The number of aliphatic hydroxyl groups excluding tert-OH is 2. The maximum Gasteiger partial charge on any atom is 0.303 e. The number of hydrogen-bond acceptors (Lipinski definition) is 24. The number of rotatable bonds is 28. The van der Waals surface area contributed by atoms with Gasteiger partial charge in [0, 0.05) is 132 Å². The number of carboxylic acid groups (broad SMARTS) is 1. The van der Waals surface area contributed by atoms with E-state index in [4.69, 9.17) is 28.3 Å². The van der Waals surface area contributed by atoms with Crippen molar-refractivity contribution in [2.45, 2.75) is 233 Å². The summed E-state index contributed by atoms with van der Waals surface area (Å²) in [4.78, 5) is 259. The predicted octanol–water partition coefficient (Wildman–Crippen LogP) is -3.86. The smallest absolute Gasteiger partial charge is 0.303 e. The molecule has 0 aliphatic carbocycles. The van der Waals surface area contributed by atoms with Crippen LogP contribution < -0.4 is 81.4 Å². The first-order valence-electron chi connectivity index (χ1n) is 45.0. The number of hydrogen-bond donors (Lipinski definition) is 22. The van der Waals surface area contributed by atoms with Crippen LogP contribution in [0, 0.1) is 5.41 Å². The van der Waals surface area contributed by atoms with Crippen LogP contribution in [0.2, 0.25) is 0 Å². The van der Waals surface area contributed by atoms with Crippen LogP contribution in [0.15, 0.2) is 85.2 Å². The van der Waals surface area contributed by atoms with Gasteiger partial charge in [0.2, 0.25) is 94.5 Å². The van der Waals surface area contributed by atoms with E-state index in [0.29, 0.717) is 64.2 Å². The molecule has 5 heterocycles. The van der Waals surface area contributed by atoms with Crippen molar-refractivity contribution in [2.24, 2.45) is 22.9 Å². The van der Waals surface area contributed by atoms with Crippen LogP contribution in [0.3, 0.4) is 0 Å². The van der Waals surface area contributed by atoms with E-state index in [1.54, 1.807) is 60.9 Å². The summed E-state index contributed by atoms with van der Waals surface area (Å²) in [5, 5.41) is 80.7. The van der Waals surface area contributed by atoms with Crippen molar-refractivity contribution in [1.82, 2.24) is 93.0 Å². The summed E-state index contributed by atoms with van der Waals surface area (Å²) in [6.45, 7) is 1.86. The highest BCUT2D eigenvalue weighted by atomic mass is 32.2. The quantitative estimate of drug-likeness (QED) is 0.0129. The highest BCUT2D eigenvalue weighted by Gasteiger charge is 2.46. The normalized spacial score (nSPS) is 24.8. The first kappa shape index (κ1) is 106.